The van der Waals surface area contributed by atoms with Gasteiger partial charge in [-0.2, -0.15) is 0 Å². The molecule has 4 aromatic rings. The molecular weight excluding hydrogens is 581 g/mol. The van der Waals surface area contributed by atoms with Crippen molar-refractivity contribution in [3.8, 4) is 12.3 Å². The molecule has 5 rings (SSSR count). The van der Waals surface area contributed by atoms with E-state index in [9.17, 15) is 0 Å². The fraction of sp³-hybridized carbons (Fsp3) is 0.130. The molecule has 0 aromatic heterocycles. The van der Waals surface area contributed by atoms with E-state index in [2.05, 4.69) is 142 Å². The van der Waals surface area contributed by atoms with Crippen molar-refractivity contribution in [2.45, 2.75) is 41.0 Å². The van der Waals surface area contributed by atoms with Gasteiger partial charge in [0.1, 0.15) is 0 Å². The Morgan fingerprint density at radius 3 is 2.19 bits per heavy atom. The zero-order valence-corrected chi connectivity index (χ0v) is 28.7. The summed E-state index contributed by atoms with van der Waals surface area (Å²) < 4.78 is 0. The molecule has 4 aromatic carbocycles. The van der Waals surface area contributed by atoms with Crippen LogP contribution in [0.1, 0.15) is 52.2 Å². The lowest BCUT2D eigenvalue weighted by atomic mass is 9.87. The summed E-state index contributed by atoms with van der Waals surface area (Å²) >= 11 is 0. The number of hydrogen-bond donors (Lipinski definition) is 1. The van der Waals surface area contributed by atoms with Crippen LogP contribution in [-0.2, 0) is 0 Å². The molecule has 2 heteroatoms. The lowest BCUT2D eigenvalue weighted by Gasteiger charge is -2.25. The lowest BCUT2D eigenvalue weighted by molar-refractivity contribution is 0.571. The number of rotatable bonds is 9. The van der Waals surface area contributed by atoms with Crippen molar-refractivity contribution in [2.75, 3.05) is 0 Å². The van der Waals surface area contributed by atoms with Gasteiger partial charge in [0.25, 0.3) is 0 Å². The molecule has 0 fully saturated rings. The van der Waals surface area contributed by atoms with Gasteiger partial charge in [-0.3, -0.25) is 0 Å². The monoisotopic (exact) mass is 624 g/mol. The number of terminal acetylenes is 1. The van der Waals surface area contributed by atoms with Crippen molar-refractivity contribution < 1.29 is 0 Å². The summed E-state index contributed by atoms with van der Waals surface area (Å²) in [6.07, 6.45) is 35.7. The van der Waals surface area contributed by atoms with Crippen molar-refractivity contribution >= 4 is 43.5 Å². The second-order valence-electron chi connectivity index (χ2n) is 12.0. The first kappa shape index (κ1) is 33.6. The number of hydrogen-bond acceptors (Lipinski definition) is 2. The molecule has 0 saturated heterocycles. The molecule has 0 saturated carbocycles. The third-order valence-corrected chi connectivity index (χ3v) is 8.85. The zero-order valence-electron chi connectivity index (χ0n) is 28.7. The van der Waals surface area contributed by atoms with Crippen molar-refractivity contribution in [1.29, 1.82) is 0 Å². The number of benzene rings is 4. The van der Waals surface area contributed by atoms with Gasteiger partial charge in [-0.25, -0.2) is 0 Å². The Morgan fingerprint density at radius 1 is 0.875 bits per heavy atom. The minimum atomic E-state index is 0.837. The van der Waals surface area contributed by atoms with Crippen LogP contribution in [0.15, 0.2) is 169 Å². The second-order valence-corrected chi connectivity index (χ2v) is 12.0. The van der Waals surface area contributed by atoms with Gasteiger partial charge in [0.2, 0.25) is 0 Å². The van der Waals surface area contributed by atoms with Gasteiger partial charge >= 0.3 is 0 Å². The Bertz CT molecular complexity index is 2220. The normalized spacial score (nSPS) is 17.1. The fourth-order valence-corrected chi connectivity index (χ4v) is 6.44. The van der Waals surface area contributed by atoms with Crippen molar-refractivity contribution in [3.63, 3.8) is 0 Å². The smallest absolute Gasteiger partial charge is 0.0321 e. The number of nitrogens with zero attached hydrogens (tertiary/aromatic N) is 1. The van der Waals surface area contributed by atoms with E-state index in [0.29, 0.717) is 0 Å². The molecule has 1 heterocycles. The van der Waals surface area contributed by atoms with Crippen LogP contribution in [0.5, 0.6) is 0 Å². The second kappa shape index (κ2) is 15.2. The summed E-state index contributed by atoms with van der Waals surface area (Å²) in [4.78, 5) is 2.18. The molecule has 1 aliphatic rings. The first-order valence-corrected chi connectivity index (χ1v) is 16.4. The summed E-state index contributed by atoms with van der Waals surface area (Å²) in [6, 6.07) is 17.8. The first-order valence-electron chi connectivity index (χ1n) is 16.4. The molecule has 0 unspecified atom stereocenters. The van der Waals surface area contributed by atoms with Gasteiger partial charge in [-0.05, 0) is 126 Å². The van der Waals surface area contributed by atoms with Crippen LogP contribution in [0.25, 0.3) is 43.5 Å². The van der Waals surface area contributed by atoms with E-state index in [0.717, 1.165) is 45.5 Å². The van der Waals surface area contributed by atoms with E-state index in [4.69, 9.17) is 12.2 Å². The first-order chi connectivity index (χ1) is 23.3. The predicted octanol–water partition coefficient (Wildman–Crippen LogP) is 12.1. The molecule has 48 heavy (non-hydrogen) atoms. The van der Waals surface area contributed by atoms with Gasteiger partial charge in [0, 0.05) is 28.7 Å². The van der Waals surface area contributed by atoms with Crippen molar-refractivity contribution in [3.05, 3.63) is 180 Å². The maximum Gasteiger partial charge on any atom is 0.0321 e. The van der Waals surface area contributed by atoms with E-state index in [1.807, 2.05) is 37.3 Å². The summed E-state index contributed by atoms with van der Waals surface area (Å²) in [7, 11) is 0. The van der Waals surface area contributed by atoms with Crippen LogP contribution >= 0.6 is 0 Å². The van der Waals surface area contributed by atoms with Crippen molar-refractivity contribution in [2.24, 2.45) is 5.73 Å². The third-order valence-electron chi connectivity index (χ3n) is 8.85. The molecular formula is C46H44N2. The molecule has 0 bridgehead atoms. The van der Waals surface area contributed by atoms with E-state index in [-0.39, 0.29) is 0 Å². The SMILES string of the molecule is C#C/C(=C\C=C(/C)N1/C=C\C=C/C(=C)C(/C=C\C)=C1C)c1ccc2ccc3c(C(/C=C\C)=C/C/C(C)=C/C=C\N)ccc4ccc1c2c43. The highest BCUT2D eigenvalue weighted by atomic mass is 15.1. The molecule has 0 aliphatic carbocycles. The molecule has 0 radical (unpaired) electrons. The Kier molecular flexibility index (Phi) is 10.6. The fourth-order valence-electron chi connectivity index (χ4n) is 6.44. The van der Waals surface area contributed by atoms with Crippen LogP contribution in [0.3, 0.4) is 0 Å². The topological polar surface area (TPSA) is 29.3 Å². The Balaban J connectivity index is 1.64. The largest absolute Gasteiger partial charge is 0.405 e. The summed E-state index contributed by atoms with van der Waals surface area (Å²) in [5.74, 6) is 3.00. The van der Waals surface area contributed by atoms with Crippen LogP contribution < -0.4 is 5.73 Å². The van der Waals surface area contributed by atoms with Gasteiger partial charge < -0.3 is 10.6 Å². The lowest BCUT2D eigenvalue weighted by Crippen LogP contribution is -2.15. The minimum absolute atomic E-state index is 0.837. The van der Waals surface area contributed by atoms with Crippen LogP contribution in [-0.4, -0.2) is 4.90 Å². The van der Waals surface area contributed by atoms with Gasteiger partial charge in [0.15, 0.2) is 0 Å². The number of allylic oxidation sites excluding steroid dienone is 19. The molecule has 1 aliphatic heterocycles. The van der Waals surface area contributed by atoms with Crippen molar-refractivity contribution in [1.82, 2.24) is 4.90 Å². The third kappa shape index (κ3) is 6.82. The quantitative estimate of drug-likeness (QED) is 0.114. The molecule has 2 N–H and O–H groups in total. The molecule has 238 valence electrons. The highest BCUT2D eigenvalue weighted by Gasteiger charge is 2.16. The van der Waals surface area contributed by atoms with Gasteiger partial charge in [0.05, 0.1) is 0 Å². The van der Waals surface area contributed by atoms with Crippen LogP contribution in [0.2, 0.25) is 0 Å². The predicted molar refractivity (Wildman–Crippen MR) is 212 cm³/mol. The number of nitrogens with two attached hydrogens (primary N) is 1. The standard InChI is InChI=1S/C46H44N2/c1-8-14-37(20-18-32(4)16-13-30-47)42-27-23-39-24-28-43-41(26-22-38-25-29-44(42)46(39)45(38)43)36(10-3)21-19-34(6)48-31-12-11-17-33(5)40(15-9-2)35(48)7/h3,8-9,11-17,19-31H,5,18,47H2,1-2,4,6-7H3/b14-8-,15-9-,17-11-,30-13-,31-12-,32-16+,34-19+,36-21+,37-20+,40-35?. The molecule has 0 amide bonds. The highest BCUT2D eigenvalue weighted by Crippen LogP contribution is 2.40. The van der Waals surface area contributed by atoms with E-state index in [1.165, 1.54) is 43.6 Å². The molecule has 0 atom stereocenters. The average molecular weight is 625 g/mol. The average Bonchev–Trinajstić information content (AvgIpc) is 3.10. The maximum atomic E-state index is 6.23. The molecule has 0 spiro atoms. The highest BCUT2D eigenvalue weighted by molar-refractivity contribution is 6.26. The Labute approximate surface area is 286 Å². The Morgan fingerprint density at radius 2 is 1.54 bits per heavy atom. The van der Waals surface area contributed by atoms with Gasteiger partial charge in [-0.15, -0.1) is 6.42 Å². The van der Waals surface area contributed by atoms with Crippen LogP contribution in [0, 0.1) is 12.3 Å². The Hall–Kier alpha value is -5.78. The summed E-state index contributed by atoms with van der Waals surface area (Å²) in [5, 5.41) is 7.30. The molecule has 2 nitrogen and oxygen atoms in total. The van der Waals surface area contributed by atoms with E-state index in [1.54, 1.807) is 6.20 Å². The van der Waals surface area contributed by atoms with Gasteiger partial charge in [-0.1, -0.05) is 115 Å². The zero-order chi connectivity index (χ0) is 34.2. The minimum Gasteiger partial charge on any atom is -0.405 e. The summed E-state index contributed by atoms with van der Waals surface area (Å²) in [5.41, 5.74) is 15.3. The van der Waals surface area contributed by atoms with E-state index < -0.39 is 0 Å². The summed E-state index contributed by atoms with van der Waals surface area (Å²) in [6.45, 7) is 14.7. The van der Waals surface area contributed by atoms with E-state index >= 15 is 0 Å². The maximum absolute atomic E-state index is 6.23. The van der Waals surface area contributed by atoms with Crippen LogP contribution in [0.4, 0.5) is 0 Å².